The van der Waals surface area contributed by atoms with Crippen LogP contribution in [0.2, 0.25) is 0 Å². The molecular weight excluding hydrogens is 244 g/mol. The van der Waals surface area contributed by atoms with Crippen molar-refractivity contribution in [2.75, 3.05) is 20.3 Å². The van der Waals surface area contributed by atoms with E-state index >= 15 is 0 Å². The molecule has 1 aromatic rings. The first-order valence-corrected chi connectivity index (χ1v) is 6.19. The molecular formula is C14H20N2O3. The minimum atomic E-state index is -0.613. The Hall–Kier alpha value is -1.77. The second kappa shape index (κ2) is 7.62. The summed E-state index contributed by atoms with van der Waals surface area (Å²) in [4.78, 5) is 0. The first kappa shape index (κ1) is 15.3. The fourth-order valence-corrected chi connectivity index (χ4v) is 1.48. The smallest absolute Gasteiger partial charge is 0.162 e. The molecule has 0 spiro atoms. The summed E-state index contributed by atoms with van der Waals surface area (Å²) in [6, 6.07) is 7.27. The lowest BCUT2D eigenvalue weighted by Gasteiger charge is -2.16. The van der Waals surface area contributed by atoms with Crippen LogP contribution in [-0.4, -0.2) is 37.5 Å². The maximum Gasteiger partial charge on any atom is 0.162 e. The van der Waals surface area contributed by atoms with E-state index in [0.29, 0.717) is 29.6 Å². The Morgan fingerprint density at radius 2 is 2.11 bits per heavy atom. The predicted octanol–water partition coefficient (Wildman–Crippen LogP) is 1.30. The number of benzene rings is 1. The Morgan fingerprint density at radius 1 is 1.37 bits per heavy atom. The molecule has 1 aromatic carbocycles. The van der Waals surface area contributed by atoms with Gasteiger partial charge in [0.2, 0.25) is 0 Å². The molecule has 0 bridgehead atoms. The summed E-state index contributed by atoms with van der Waals surface area (Å²) < 4.78 is 10.6. The van der Waals surface area contributed by atoms with Crippen LogP contribution in [0.3, 0.4) is 0 Å². The summed E-state index contributed by atoms with van der Waals surface area (Å²) in [6.07, 6.45) is -0.613. The third kappa shape index (κ3) is 5.16. The molecule has 0 saturated heterocycles. The van der Waals surface area contributed by atoms with E-state index in [-0.39, 0.29) is 6.61 Å². The summed E-state index contributed by atoms with van der Waals surface area (Å²) in [5.41, 5.74) is 0.491. The fourth-order valence-electron chi connectivity index (χ4n) is 1.48. The van der Waals surface area contributed by atoms with Gasteiger partial charge < -0.3 is 19.9 Å². The van der Waals surface area contributed by atoms with Crippen molar-refractivity contribution >= 4 is 0 Å². The minimum absolute atomic E-state index is 0.144. The zero-order valence-electron chi connectivity index (χ0n) is 11.5. The Labute approximate surface area is 113 Å². The largest absolute Gasteiger partial charge is 0.493 e. The molecule has 0 fully saturated rings. The molecule has 2 N–H and O–H groups in total. The van der Waals surface area contributed by atoms with Crippen molar-refractivity contribution in [2.45, 2.75) is 26.0 Å². The van der Waals surface area contributed by atoms with Crippen LogP contribution in [0.5, 0.6) is 11.5 Å². The number of nitrogens with zero attached hydrogens (tertiary/aromatic N) is 1. The second-order valence-corrected chi connectivity index (χ2v) is 4.51. The van der Waals surface area contributed by atoms with Gasteiger partial charge in [-0.15, -0.1) is 0 Å². The van der Waals surface area contributed by atoms with Crippen molar-refractivity contribution in [1.82, 2.24) is 5.32 Å². The van der Waals surface area contributed by atoms with E-state index in [2.05, 4.69) is 5.32 Å². The third-order valence-electron chi connectivity index (χ3n) is 2.49. The van der Waals surface area contributed by atoms with Gasteiger partial charge >= 0.3 is 0 Å². The van der Waals surface area contributed by atoms with Gasteiger partial charge in [-0.25, -0.2) is 0 Å². The van der Waals surface area contributed by atoms with E-state index in [4.69, 9.17) is 14.7 Å². The van der Waals surface area contributed by atoms with Gasteiger partial charge in [-0.05, 0) is 12.1 Å². The number of ether oxygens (including phenoxy) is 2. The summed E-state index contributed by atoms with van der Waals surface area (Å²) in [5.74, 6) is 1.01. The molecule has 5 nitrogen and oxygen atoms in total. The lowest BCUT2D eigenvalue weighted by atomic mass is 10.2. The lowest BCUT2D eigenvalue weighted by Crippen LogP contribution is -2.35. The molecule has 0 aliphatic rings. The average Bonchev–Trinajstić information content (AvgIpc) is 2.42. The van der Waals surface area contributed by atoms with Crippen molar-refractivity contribution in [2.24, 2.45) is 0 Å². The molecule has 0 aromatic heterocycles. The van der Waals surface area contributed by atoms with Crippen LogP contribution < -0.4 is 14.8 Å². The third-order valence-corrected chi connectivity index (χ3v) is 2.49. The summed E-state index contributed by atoms with van der Waals surface area (Å²) in [7, 11) is 1.53. The number of aliphatic hydroxyl groups is 1. The number of rotatable bonds is 7. The highest BCUT2D eigenvalue weighted by Crippen LogP contribution is 2.27. The first-order valence-electron chi connectivity index (χ1n) is 6.19. The quantitative estimate of drug-likeness (QED) is 0.776. The van der Waals surface area contributed by atoms with Crippen LogP contribution >= 0.6 is 0 Å². The van der Waals surface area contributed by atoms with E-state index in [1.807, 2.05) is 19.9 Å². The molecule has 104 valence electrons. The van der Waals surface area contributed by atoms with Gasteiger partial charge in [0.05, 0.1) is 18.7 Å². The molecule has 0 amide bonds. The van der Waals surface area contributed by atoms with Crippen LogP contribution in [-0.2, 0) is 0 Å². The van der Waals surface area contributed by atoms with Crippen molar-refractivity contribution in [3.8, 4) is 17.6 Å². The van der Waals surface area contributed by atoms with Crippen molar-refractivity contribution in [3.05, 3.63) is 23.8 Å². The average molecular weight is 264 g/mol. The second-order valence-electron chi connectivity index (χ2n) is 4.51. The van der Waals surface area contributed by atoms with Gasteiger partial charge in [-0.3, -0.25) is 0 Å². The number of aliphatic hydroxyl groups excluding tert-OH is 1. The van der Waals surface area contributed by atoms with E-state index < -0.39 is 6.10 Å². The Morgan fingerprint density at radius 3 is 2.68 bits per heavy atom. The van der Waals surface area contributed by atoms with E-state index in [0.717, 1.165) is 0 Å². The van der Waals surface area contributed by atoms with E-state index in [1.165, 1.54) is 7.11 Å². The van der Waals surface area contributed by atoms with Gasteiger partial charge in [0, 0.05) is 18.7 Å². The maximum atomic E-state index is 9.76. The van der Waals surface area contributed by atoms with Gasteiger partial charge in [0.25, 0.3) is 0 Å². The summed E-state index contributed by atoms with van der Waals surface area (Å²) >= 11 is 0. The Bertz CT molecular complexity index is 441. The number of methoxy groups -OCH3 is 1. The zero-order chi connectivity index (χ0) is 14.3. The molecule has 19 heavy (non-hydrogen) atoms. The highest BCUT2D eigenvalue weighted by atomic mass is 16.5. The number of hydrogen-bond donors (Lipinski definition) is 2. The zero-order valence-corrected chi connectivity index (χ0v) is 11.5. The monoisotopic (exact) mass is 264 g/mol. The Balaban J connectivity index is 2.58. The molecule has 5 heteroatoms. The standard InChI is InChI=1S/C14H20N2O3/c1-10(2)16-8-12(17)9-19-14-6-11(7-15)4-5-13(14)18-3/h4-6,10,12,16-17H,8-9H2,1-3H3. The van der Waals surface area contributed by atoms with E-state index in [9.17, 15) is 5.11 Å². The SMILES string of the molecule is COc1ccc(C#N)cc1OCC(O)CNC(C)C. The van der Waals surface area contributed by atoms with E-state index in [1.54, 1.807) is 18.2 Å². The van der Waals surface area contributed by atoms with Crippen molar-refractivity contribution in [3.63, 3.8) is 0 Å². The Kier molecular flexibility index (Phi) is 6.13. The molecule has 0 aliphatic carbocycles. The van der Waals surface area contributed by atoms with Crippen LogP contribution in [0, 0.1) is 11.3 Å². The van der Waals surface area contributed by atoms with Gasteiger partial charge in [-0.2, -0.15) is 5.26 Å². The van der Waals surface area contributed by atoms with Crippen LogP contribution in [0.15, 0.2) is 18.2 Å². The molecule has 0 heterocycles. The molecule has 1 unspecified atom stereocenters. The highest BCUT2D eigenvalue weighted by molar-refractivity contribution is 5.46. The highest BCUT2D eigenvalue weighted by Gasteiger charge is 2.10. The first-order chi connectivity index (χ1) is 9.06. The minimum Gasteiger partial charge on any atom is -0.493 e. The van der Waals surface area contributed by atoms with Crippen LogP contribution in [0.1, 0.15) is 19.4 Å². The van der Waals surface area contributed by atoms with Crippen molar-refractivity contribution in [1.29, 1.82) is 5.26 Å². The maximum absolute atomic E-state index is 9.76. The number of nitriles is 1. The van der Waals surface area contributed by atoms with Gasteiger partial charge in [0.1, 0.15) is 12.7 Å². The lowest BCUT2D eigenvalue weighted by molar-refractivity contribution is 0.103. The van der Waals surface area contributed by atoms with Gasteiger partial charge in [-0.1, -0.05) is 13.8 Å². The molecule has 0 radical (unpaired) electrons. The molecule has 0 aliphatic heterocycles. The molecule has 1 atom stereocenters. The fraction of sp³-hybridized carbons (Fsp3) is 0.500. The van der Waals surface area contributed by atoms with Crippen molar-refractivity contribution < 1.29 is 14.6 Å². The van der Waals surface area contributed by atoms with Crippen LogP contribution in [0.25, 0.3) is 0 Å². The number of nitrogens with one attached hydrogen (secondary N) is 1. The summed E-state index contributed by atoms with van der Waals surface area (Å²) in [5, 5.41) is 21.7. The van der Waals surface area contributed by atoms with Crippen LogP contribution in [0.4, 0.5) is 0 Å². The topological polar surface area (TPSA) is 74.5 Å². The number of hydrogen-bond acceptors (Lipinski definition) is 5. The summed E-state index contributed by atoms with van der Waals surface area (Å²) in [6.45, 7) is 4.61. The predicted molar refractivity (Wildman–Crippen MR) is 72.3 cm³/mol. The normalized spacial score (nSPS) is 12.0. The van der Waals surface area contributed by atoms with Gasteiger partial charge in [0.15, 0.2) is 11.5 Å². The molecule has 0 saturated carbocycles. The molecule has 1 rings (SSSR count).